The third-order valence-electron chi connectivity index (χ3n) is 4.40. The second-order valence-corrected chi connectivity index (χ2v) is 7.09. The molecule has 120 valence electrons. The molecule has 2 aliphatic heterocycles. The molecule has 0 bridgehead atoms. The average Bonchev–Trinajstić information content (AvgIpc) is 3.17. The number of hydrogen-bond donors (Lipinski definition) is 1. The van der Waals surface area contributed by atoms with Gasteiger partial charge in [0.05, 0.1) is 35.1 Å². The molecule has 0 saturated carbocycles. The van der Waals surface area contributed by atoms with Gasteiger partial charge in [-0.2, -0.15) is 0 Å². The van der Waals surface area contributed by atoms with Crippen LogP contribution in [0.4, 0.5) is 0 Å². The molecule has 0 aromatic carbocycles. The van der Waals surface area contributed by atoms with Gasteiger partial charge in [-0.05, 0) is 45.0 Å². The Bertz CT molecular complexity index is 551. The summed E-state index contributed by atoms with van der Waals surface area (Å²) in [6, 6.07) is 3.75. The van der Waals surface area contributed by atoms with E-state index in [0.717, 1.165) is 13.1 Å². The second kappa shape index (κ2) is 6.89. The fourth-order valence-electron chi connectivity index (χ4n) is 3.18. The lowest BCUT2D eigenvalue weighted by Crippen LogP contribution is -2.52. The Morgan fingerprint density at radius 3 is 2.59 bits per heavy atom. The van der Waals surface area contributed by atoms with Crippen LogP contribution in [-0.4, -0.2) is 55.0 Å². The maximum atomic E-state index is 12.4. The summed E-state index contributed by atoms with van der Waals surface area (Å²) in [5, 5.41) is 3.09. The van der Waals surface area contributed by atoms with Crippen LogP contribution in [-0.2, 0) is 4.74 Å². The zero-order chi connectivity index (χ0) is 15.5. The molecule has 2 saturated heterocycles. The van der Waals surface area contributed by atoms with Gasteiger partial charge >= 0.3 is 0 Å². The highest BCUT2D eigenvalue weighted by Gasteiger charge is 2.34. The highest BCUT2D eigenvalue weighted by molar-refractivity contribution is 7.15. The van der Waals surface area contributed by atoms with Gasteiger partial charge in [0.2, 0.25) is 0 Å². The largest absolute Gasteiger partial charge is 0.378 e. The predicted molar refractivity (Wildman–Crippen MR) is 85.6 cm³/mol. The smallest absolute Gasteiger partial charge is 0.261 e. The summed E-state index contributed by atoms with van der Waals surface area (Å²) in [6.07, 6.45) is 3.75. The lowest BCUT2D eigenvalue weighted by Gasteiger charge is -2.34. The Kier molecular flexibility index (Phi) is 4.90. The molecule has 1 amide bonds. The molecule has 1 N–H and O–H groups in total. The van der Waals surface area contributed by atoms with Gasteiger partial charge in [-0.25, -0.2) is 0 Å². The quantitative estimate of drug-likeness (QED) is 0.861. The minimum Gasteiger partial charge on any atom is -0.378 e. The number of rotatable bonds is 4. The van der Waals surface area contributed by atoms with Crippen molar-refractivity contribution in [2.24, 2.45) is 0 Å². The van der Waals surface area contributed by atoms with Crippen molar-refractivity contribution in [1.29, 1.82) is 0 Å². The second-order valence-electron chi connectivity index (χ2n) is 6.00. The summed E-state index contributed by atoms with van der Waals surface area (Å²) in [5.41, 5.74) is 0. The topological polar surface area (TPSA) is 58.6 Å². The van der Waals surface area contributed by atoms with E-state index in [1.54, 1.807) is 12.1 Å². The fraction of sp³-hybridized carbons (Fsp3) is 0.625. The Morgan fingerprint density at radius 2 is 1.91 bits per heavy atom. The standard InChI is InChI=1S/C16H22N2O3S/c1-11(19)14-5-6-15(22-14)16(20)17-12-9-21-10-13(12)18-7-3-2-4-8-18/h5-6,12-13H,2-4,7-10H2,1H3,(H,17,20)/t12-,13-/m0/s1. The van der Waals surface area contributed by atoms with E-state index in [1.807, 2.05) is 0 Å². The molecule has 0 spiro atoms. The minimum atomic E-state index is -0.102. The van der Waals surface area contributed by atoms with Crippen LogP contribution in [0.1, 0.15) is 45.5 Å². The number of piperidine rings is 1. The number of carbonyl (C=O) groups excluding carboxylic acids is 2. The first-order valence-electron chi connectivity index (χ1n) is 7.88. The van der Waals surface area contributed by atoms with Crippen molar-refractivity contribution in [3.8, 4) is 0 Å². The highest BCUT2D eigenvalue weighted by atomic mass is 32.1. The highest BCUT2D eigenvalue weighted by Crippen LogP contribution is 2.21. The van der Waals surface area contributed by atoms with Gasteiger partial charge in [-0.15, -0.1) is 11.3 Å². The van der Waals surface area contributed by atoms with E-state index in [9.17, 15) is 9.59 Å². The van der Waals surface area contributed by atoms with Crippen LogP contribution in [0.5, 0.6) is 0 Å². The number of nitrogens with zero attached hydrogens (tertiary/aromatic N) is 1. The number of amides is 1. The maximum Gasteiger partial charge on any atom is 0.261 e. The van der Waals surface area contributed by atoms with Crippen molar-refractivity contribution in [3.05, 3.63) is 21.9 Å². The maximum absolute atomic E-state index is 12.4. The number of Topliss-reactive ketones (excluding diaryl/α,β-unsaturated/α-hetero) is 1. The number of thiophene rings is 1. The molecule has 0 aliphatic carbocycles. The van der Waals surface area contributed by atoms with Crippen LogP contribution in [0.2, 0.25) is 0 Å². The summed E-state index contributed by atoms with van der Waals surface area (Å²) in [4.78, 5) is 27.4. The summed E-state index contributed by atoms with van der Waals surface area (Å²) >= 11 is 1.25. The van der Waals surface area contributed by atoms with E-state index in [2.05, 4.69) is 10.2 Å². The average molecular weight is 322 g/mol. The number of hydrogen-bond acceptors (Lipinski definition) is 5. The van der Waals surface area contributed by atoms with E-state index in [1.165, 1.54) is 37.5 Å². The molecule has 0 radical (unpaired) electrons. The SMILES string of the molecule is CC(=O)c1ccc(C(=O)N[C@H]2COC[C@@H]2N2CCCCC2)s1. The van der Waals surface area contributed by atoms with Gasteiger partial charge < -0.3 is 10.1 Å². The van der Waals surface area contributed by atoms with Gasteiger partial charge in [0.25, 0.3) is 5.91 Å². The first-order valence-corrected chi connectivity index (χ1v) is 8.70. The van der Waals surface area contributed by atoms with Gasteiger partial charge in [0.15, 0.2) is 5.78 Å². The van der Waals surface area contributed by atoms with Crippen molar-refractivity contribution >= 4 is 23.0 Å². The van der Waals surface area contributed by atoms with E-state index in [4.69, 9.17) is 4.74 Å². The van der Waals surface area contributed by atoms with Crippen LogP contribution in [0.15, 0.2) is 12.1 Å². The Morgan fingerprint density at radius 1 is 1.18 bits per heavy atom. The number of ether oxygens (including phenoxy) is 1. The van der Waals surface area contributed by atoms with Gasteiger partial charge in [-0.1, -0.05) is 6.42 Å². The third kappa shape index (κ3) is 3.39. The number of likely N-dealkylation sites (tertiary alicyclic amines) is 1. The number of carbonyl (C=O) groups is 2. The Labute approximate surface area is 134 Å². The molecule has 2 aliphatic rings. The summed E-state index contributed by atoms with van der Waals surface area (Å²) < 4.78 is 5.60. The zero-order valence-electron chi connectivity index (χ0n) is 12.8. The van der Waals surface area contributed by atoms with Crippen LogP contribution < -0.4 is 5.32 Å². The molecule has 22 heavy (non-hydrogen) atoms. The van der Waals surface area contributed by atoms with Crippen LogP contribution in [0.3, 0.4) is 0 Å². The zero-order valence-corrected chi connectivity index (χ0v) is 13.7. The van der Waals surface area contributed by atoms with Crippen molar-refractivity contribution in [1.82, 2.24) is 10.2 Å². The minimum absolute atomic E-state index is 0.000516. The van der Waals surface area contributed by atoms with Gasteiger partial charge in [-0.3, -0.25) is 14.5 Å². The third-order valence-corrected chi connectivity index (χ3v) is 5.59. The van der Waals surface area contributed by atoms with Crippen molar-refractivity contribution in [2.75, 3.05) is 26.3 Å². The monoisotopic (exact) mass is 322 g/mol. The number of nitrogens with one attached hydrogen (secondary N) is 1. The molecule has 3 rings (SSSR count). The Hall–Kier alpha value is -1.24. The molecular formula is C16H22N2O3S. The van der Waals surface area contributed by atoms with Crippen molar-refractivity contribution in [2.45, 2.75) is 38.3 Å². The van der Waals surface area contributed by atoms with Crippen LogP contribution in [0.25, 0.3) is 0 Å². The fourth-order valence-corrected chi connectivity index (χ4v) is 3.98. The first kappa shape index (κ1) is 15.6. The molecular weight excluding hydrogens is 300 g/mol. The molecule has 1 aromatic rings. The molecule has 1 aromatic heterocycles. The lowest BCUT2D eigenvalue weighted by molar-refractivity contribution is 0.0903. The molecule has 6 heteroatoms. The van der Waals surface area contributed by atoms with Crippen LogP contribution in [0, 0.1) is 0 Å². The summed E-state index contributed by atoms with van der Waals surface area (Å²) in [6.45, 7) is 4.96. The van der Waals surface area contributed by atoms with E-state index in [-0.39, 0.29) is 23.8 Å². The number of ketones is 1. The van der Waals surface area contributed by atoms with Crippen molar-refractivity contribution < 1.29 is 14.3 Å². The molecule has 5 nitrogen and oxygen atoms in total. The molecule has 2 atom stereocenters. The van der Waals surface area contributed by atoms with E-state index >= 15 is 0 Å². The van der Waals surface area contributed by atoms with E-state index < -0.39 is 0 Å². The normalized spacial score (nSPS) is 26.0. The first-order chi connectivity index (χ1) is 10.6. The Balaban J connectivity index is 1.63. The molecule has 0 unspecified atom stereocenters. The summed E-state index contributed by atoms with van der Waals surface area (Å²) in [5.74, 6) is -0.102. The molecule has 2 fully saturated rings. The van der Waals surface area contributed by atoms with Crippen LogP contribution >= 0.6 is 11.3 Å². The van der Waals surface area contributed by atoms with Gasteiger partial charge in [0.1, 0.15) is 0 Å². The summed E-state index contributed by atoms with van der Waals surface area (Å²) in [7, 11) is 0. The van der Waals surface area contributed by atoms with Crippen molar-refractivity contribution in [3.63, 3.8) is 0 Å². The van der Waals surface area contributed by atoms with E-state index in [0.29, 0.717) is 23.0 Å². The van der Waals surface area contributed by atoms with Gasteiger partial charge in [0, 0.05) is 0 Å². The molecule has 3 heterocycles. The lowest BCUT2D eigenvalue weighted by atomic mass is 10.0. The predicted octanol–water partition coefficient (Wildman–Crippen LogP) is 1.93.